The maximum absolute atomic E-state index is 10.6. The zero-order valence-electron chi connectivity index (χ0n) is 4.02. The Morgan fingerprint density at radius 2 is 2.38 bits per heavy atom. The second kappa shape index (κ2) is 2.30. The molecule has 0 atom stereocenters. The van der Waals surface area contributed by atoms with E-state index < -0.39 is 0 Å². The second-order valence-corrected chi connectivity index (χ2v) is 2.51. The molecular formula is C5H4INO. The number of hydrogen-bond donors (Lipinski definition) is 1. The Labute approximate surface area is 60.1 Å². The van der Waals surface area contributed by atoms with Gasteiger partial charge in [0.15, 0.2) is 0 Å². The molecule has 0 aromatic carbocycles. The van der Waals surface area contributed by atoms with E-state index in [0.29, 0.717) is 0 Å². The third-order valence-electron chi connectivity index (χ3n) is 0.770. The van der Waals surface area contributed by atoms with E-state index in [2.05, 4.69) is 4.98 Å². The minimum atomic E-state index is -0.0203. The van der Waals surface area contributed by atoms with Gasteiger partial charge in [-0.25, -0.2) is 0 Å². The highest BCUT2D eigenvalue weighted by molar-refractivity contribution is 14.1. The first kappa shape index (κ1) is 5.81. The lowest BCUT2D eigenvalue weighted by Gasteiger charge is -1.81. The van der Waals surface area contributed by atoms with Crippen LogP contribution in [0.5, 0.6) is 0 Å². The Morgan fingerprint density at radius 1 is 1.62 bits per heavy atom. The number of halogens is 1. The minimum Gasteiger partial charge on any atom is -0.328 e. The van der Waals surface area contributed by atoms with Crippen molar-refractivity contribution in [3.8, 4) is 0 Å². The molecule has 3 heteroatoms. The van der Waals surface area contributed by atoms with E-state index in [4.69, 9.17) is 0 Å². The van der Waals surface area contributed by atoms with E-state index in [9.17, 15) is 4.79 Å². The first-order valence-corrected chi connectivity index (χ1v) is 3.22. The molecule has 2 nitrogen and oxygen atoms in total. The van der Waals surface area contributed by atoms with E-state index in [-0.39, 0.29) is 5.56 Å². The first-order chi connectivity index (χ1) is 3.80. The Balaban J connectivity index is 3.35. The number of aromatic nitrogens is 1. The average molecular weight is 221 g/mol. The highest BCUT2D eigenvalue weighted by Gasteiger charge is 1.86. The van der Waals surface area contributed by atoms with Crippen LogP contribution < -0.4 is 5.56 Å². The van der Waals surface area contributed by atoms with Crippen LogP contribution in [0.15, 0.2) is 23.1 Å². The lowest BCUT2D eigenvalue weighted by atomic mass is 10.5. The molecule has 1 N–H and O–H groups in total. The molecule has 1 aromatic heterocycles. The monoisotopic (exact) mass is 221 g/mol. The summed E-state index contributed by atoms with van der Waals surface area (Å²) in [5.74, 6) is 0. The molecule has 0 radical (unpaired) electrons. The van der Waals surface area contributed by atoms with Crippen LogP contribution in [0.2, 0.25) is 0 Å². The van der Waals surface area contributed by atoms with Gasteiger partial charge in [0.05, 0.1) is 3.57 Å². The summed E-state index contributed by atoms with van der Waals surface area (Å²) in [6.07, 6.45) is 1.62. The minimum absolute atomic E-state index is 0.0203. The summed E-state index contributed by atoms with van der Waals surface area (Å²) in [6, 6.07) is 3.56. The van der Waals surface area contributed by atoms with Crippen LogP contribution in [0.25, 0.3) is 0 Å². The molecule has 1 heterocycles. The van der Waals surface area contributed by atoms with Gasteiger partial charge in [0.1, 0.15) is 0 Å². The van der Waals surface area contributed by atoms with Crippen LogP contribution in [-0.2, 0) is 0 Å². The number of rotatable bonds is 0. The standard InChI is InChI=1S/C5H4INO/c6-4-2-1-3-7-5(4)8/h1-3H,(H,7,8). The molecule has 0 saturated heterocycles. The Kier molecular flexibility index (Phi) is 1.67. The molecular weight excluding hydrogens is 217 g/mol. The average Bonchev–Trinajstić information content (AvgIpc) is 1.77. The molecule has 0 fully saturated rings. The fraction of sp³-hybridized carbons (Fsp3) is 0. The normalized spacial score (nSPS) is 9.12. The van der Waals surface area contributed by atoms with E-state index >= 15 is 0 Å². The van der Waals surface area contributed by atoms with Crippen LogP contribution in [-0.4, -0.2) is 4.98 Å². The van der Waals surface area contributed by atoms with Crippen molar-refractivity contribution in [3.63, 3.8) is 0 Å². The van der Waals surface area contributed by atoms with Crippen molar-refractivity contribution in [2.45, 2.75) is 0 Å². The highest BCUT2D eigenvalue weighted by Crippen LogP contribution is 1.91. The number of nitrogens with one attached hydrogen (secondary N) is 1. The summed E-state index contributed by atoms with van der Waals surface area (Å²) in [6.45, 7) is 0. The molecule has 0 aliphatic heterocycles. The molecule has 1 aromatic rings. The molecule has 0 unspecified atom stereocenters. The van der Waals surface area contributed by atoms with Gasteiger partial charge in [-0.15, -0.1) is 0 Å². The summed E-state index contributed by atoms with van der Waals surface area (Å²) in [5.41, 5.74) is -0.0203. The van der Waals surface area contributed by atoms with Crippen molar-refractivity contribution in [1.82, 2.24) is 4.98 Å². The largest absolute Gasteiger partial charge is 0.328 e. The molecule has 0 bridgehead atoms. The van der Waals surface area contributed by atoms with Gasteiger partial charge in [0.2, 0.25) is 0 Å². The van der Waals surface area contributed by atoms with E-state index in [0.717, 1.165) is 3.57 Å². The Hall–Kier alpha value is -0.320. The lowest BCUT2D eigenvalue weighted by molar-refractivity contribution is 1.22. The fourth-order valence-electron chi connectivity index (χ4n) is 0.401. The number of pyridine rings is 1. The summed E-state index contributed by atoms with van der Waals surface area (Å²) >= 11 is 1.98. The Bertz CT molecular complexity index is 230. The summed E-state index contributed by atoms with van der Waals surface area (Å²) in [5, 5.41) is 0. The molecule has 0 aliphatic rings. The van der Waals surface area contributed by atoms with Crippen molar-refractivity contribution < 1.29 is 0 Å². The maximum atomic E-state index is 10.6. The SMILES string of the molecule is O=c1[nH]cccc1I. The molecule has 1 rings (SSSR count). The van der Waals surface area contributed by atoms with Crippen LogP contribution in [0, 0.1) is 3.57 Å². The molecule has 0 amide bonds. The zero-order valence-corrected chi connectivity index (χ0v) is 6.18. The fourth-order valence-corrected chi connectivity index (χ4v) is 0.764. The molecule has 42 valence electrons. The van der Waals surface area contributed by atoms with Gasteiger partial charge in [0, 0.05) is 6.20 Å². The van der Waals surface area contributed by atoms with Crippen LogP contribution in [0.3, 0.4) is 0 Å². The zero-order chi connectivity index (χ0) is 5.98. The van der Waals surface area contributed by atoms with Crippen molar-refractivity contribution in [2.75, 3.05) is 0 Å². The van der Waals surface area contributed by atoms with Gasteiger partial charge >= 0.3 is 0 Å². The quantitative estimate of drug-likeness (QED) is 0.650. The third kappa shape index (κ3) is 1.09. The highest BCUT2D eigenvalue weighted by atomic mass is 127. The predicted molar refractivity (Wildman–Crippen MR) is 39.8 cm³/mol. The van der Waals surface area contributed by atoms with Gasteiger partial charge in [-0.3, -0.25) is 4.79 Å². The molecule has 8 heavy (non-hydrogen) atoms. The number of hydrogen-bond acceptors (Lipinski definition) is 1. The van der Waals surface area contributed by atoms with E-state index in [1.807, 2.05) is 22.6 Å². The summed E-state index contributed by atoms with van der Waals surface area (Å²) in [4.78, 5) is 13.1. The summed E-state index contributed by atoms with van der Waals surface area (Å²) < 4.78 is 0.727. The van der Waals surface area contributed by atoms with Gasteiger partial charge in [-0.2, -0.15) is 0 Å². The topological polar surface area (TPSA) is 32.9 Å². The van der Waals surface area contributed by atoms with Gasteiger partial charge in [0.25, 0.3) is 5.56 Å². The molecule has 0 spiro atoms. The smallest absolute Gasteiger partial charge is 0.261 e. The molecule has 0 saturated carbocycles. The predicted octanol–water partition coefficient (Wildman–Crippen LogP) is 0.980. The van der Waals surface area contributed by atoms with Crippen molar-refractivity contribution in [3.05, 3.63) is 32.3 Å². The van der Waals surface area contributed by atoms with Crippen molar-refractivity contribution >= 4 is 22.6 Å². The number of H-pyrrole nitrogens is 1. The van der Waals surface area contributed by atoms with E-state index in [1.165, 1.54) is 0 Å². The molecule has 0 aliphatic carbocycles. The van der Waals surface area contributed by atoms with Crippen LogP contribution in [0.1, 0.15) is 0 Å². The van der Waals surface area contributed by atoms with Crippen LogP contribution in [0.4, 0.5) is 0 Å². The third-order valence-corrected chi connectivity index (χ3v) is 1.62. The first-order valence-electron chi connectivity index (χ1n) is 2.14. The maximum Gasteiger partial charge on any atom is 0.261 e. The number of aromatic amines is 1. The second-order valence-electron chi connectivity index (χ2n) is 1.35. The van der Waals surface area contributed by atoms with Gasteiger partial charge in [-0.1, -0.05) is 0 Å². The van der Waals surface area contributed by atoms with Gasteiger partial charge in [-0.05, 0) is 34.7 Å². The summed E-state index contributed by atoms with van der Waals surface area (Å²) in [7, 11) is 0. The lowest BCUT2D eigenvalue weighted by Crippen LogP contribution is -2.06. The van der Waals surface area contributed by atoms with Crippen molar-refractivity contribution in [2.24, 2.45) is 0 Å². The van der Waals surface area contributed by atoms with Gasteiger partial charge < -0.3 is 4.98 Å². The van der Waals surface area contributed by atoms with Crippen molar-refractivity contribution in [1.29, 1.82) is 0 Å². The van der Waals surface area contributed by atoms with Crippen LogP contribution >= 0.6 is 22.6 Å². The Morgan fingerprint density at radius 3 is 2.75 bits per heavy atom. The van der Waals surface area contributed by atoms with E-state index in [1.54, 1.807) is 18.3 Å².